The Balaban J connectivity index is 1.61. The summed E-state index contributed by atoms with van der Waals surface area (Å²) in [6, 6.07) is 11.2. The van der Waals surface area contributed by atoms with Crippen molar-refractivity contribution >= 4 is 40.6 Å². The van der Waals surface area contributed by atoms with Crippen molar-refractivity contribution in [1.82, 2.24) is 9.97 Å². The van der Waals surface area contributed by atoms with Crippen molar-refractivity contribution < 1.29 is 14.3 Å². The molecule has 0 aliphatic heterocycles. The van der Waals surface area contributed by atoms with E-state index >= 15 is 0 Å². The Morgan fingerprint density at radius 1 is 1.21 bits per heavy atom. The zero-order chi connectivity index (χ0) is 20.1. The van der Waals surface area contributed by atoms with Gasteiger partial charge in [-0.15, -0.1) is 11.3 Å². The van der Waals surface area contributed by atoms with Crippen LogP contribution in [0.4, 0.5) is 5.82 Å². The molecule has 0 fully saturated rings. The number of pyridine rings is 1. The number of rotatable bonds is 6. The van der Waals surface area contributed by atoms with Crippen LogP contribution in [0.2, 0.25) is 5.02 Å². The average molecular weight is 416 g/mol. The molecule has 1 aromatic carbocycles. The molecule has 3 rings (SSSR count). The van der Waals surface area contributed by atoms with E-state index in [1.54, 1.807) is 17.5 Å². The fourth-order valence-corrected chi connectivity index (χ4v) is 3.24. The highest BCUT2D eigenvalue weighted by Crippen LogP contribution is 2.24. The highest BCUT2D eigenvalue weighted by Gasteiger charge is 2.21. The van der Waals surface area contributed by atoms with E-state index in [0.717, 1.165) is 17.0 Å². The van der Waals surface area contributed by atoms with E-state index in [2.05, 4.69) is 22.2 Å². The molecule has 0 saturated heterocycles. The molecule has 2 aromatic heterocycles. The maximum Gasteiger partial charge on any atom is 0.358 e. The standard InChI is InChI=1S/C20H18ClN3O3S/c1-3-13-4-6-14(7-5-13)19-23-16(11-28-19)20(26)27-12(2)18(25)24-17-9-8-15(21)10-22-17/h4-12H,3H2,1-2H3,(H,22,24,25)/t12-/m0/s1. The zero-order valence-electron chi connectivity index (χ0n) is 15.3. The van der Waals surface area contributed by atoms with Gasteiger partial charge in [0.15, 0.2) is 11.8 Å². The van der Waals surface area contributed by atoms with Crippen LogP contribution in [0.5, 0.6) is 0 Å². The summed E-state index contributed by atoms with van der Waals surface area (Å²) in [5.74, 6) is -0.822. The Morgan fingerprint density at radius 3 is 2.61 bits per heavy atom. The quantitative estimate of drug-likeness (QED) is 0.595. The monoisotopic (exact) mass is 415 g/mol. The highest BCUT2D eigenvalue weighted by molar-refractivity contribution is 7.13. The first-order valence-corrected chi connectivity index (χ1v) is 9.90. The van der Waals surface area contributed by atoms with E-state index in [-0.39, 0.29) is 5.69 Å². The molecule has 0 spiro atoms. The number of hydrogen-bond acceptors (Lipinski definition) is 6. The molecule has 6 nitrogen and oxygen atoms in total. The van der Waals surface area contributed by atoms with Crippen LogP contribution in [0.3, 0.4) is 0 Å². The van der Waals surface area contributed by atoms with Gasteiger partial charge < -0.3 is 10.1 Å². The van der Waals surface area contributed by atoms with Crippen LogP contribution in [-0.4, -0.2) is 27.9 Å². The van der Waals surface area contributed by atoms with E-state index in [1.165, 1.54) is 30.0 Å². The third-order valence-electron chi connectivity index (χ3n) is 3.95. The number of anilines is 1. The van der Waals surface area contributed by atoms with Gasteiger partial charge in [-0.05, 0) is 31.0 Å². The number of nitrogens with zero attached hydrogens (tertiary/aromatic N) is 2. The minimum atomic E-state index is -1.00. The van der Waals surface area contributed by atoms with Crippen LogP contribution in [0, 0.1) is 0 Å². The molecule has 0 unspecified atom stereocenters. The van der Waals surface area contributed by atoms with Crippen molar-refractivity contribution in [3.63, 3.8) is 0 Å². The topological polar surface area (TPSA) is 81.2 Å². The van der Waals surface area contributed by atoms with Gasteiger partial charge in [0.05, 0.1) is 5.02 Å². The maximum atomic E-state index is 12.3. The van der Waals surface area contributed by atoms with Gasteiger partial charge in [0, 0.05) is 17.1 Å². The number of nitrogens with one attached hydrogen (secondary N) is 1. The number of carbonyl (C=O) groups is 2. The number of amides is 1. The number of benzene rings is 1. The first-order valence-electron chi connectivity index (χ1n) is 8.64. The zero-order valence-corrected chi connectivity index (χ0v) is 16.9. The number of esters is 1. The summed E-state index contributed by atoms with van der Waals surface area (Å²) < 4.78 is 5.22. The Hall–Kier alpha value is -2.77. The van der Waals surface area contributed by atoms with Gasteiger partial charge in [0.1, 0.15) is 10.8 Å². The fraction of sp³-hybridized carbons (Fsp3) is 0.200. The molecule has 0 aliphatic rings. The second kappa shape index (κ2) is 8.95. The maximum absolute atomic E-state index is 12.3. The number of thiazole rings is 1. The molecular formula is C20H18ClN3O3S. The largest absolute Gasteiger partial charge is 0.448 e. The predicted octanol–water partition coefficient (Wildman–Crippen LogP) is 4.60. The van der Waals surface area contributed by atoms with Crippen molar-refractivity contribution in [2.45, 2.75) is 26.4 Å². The van der Waals surface area contributed by atoms with Crippen molar-refractivity contribution in [2.75, 3.05) is 5.32 Å². The second-order valence-corrected chi connectivity index (χ2v) is 7.28. The summed E-state index contributed by atoms with van der Waals surface area (Å²) in [6.07, 6.45) is 1.37. The van der Waals surface area contributed by atoms with Crippen LogP contribution in [-0.2, 0) is 16.0 Å². The summed E-state index contributed by atoms with van der Waals surface area (Å²) in [4.78, 5) is 32.8. The van der Waals surface area contributed by atoms with Crippen LogP contribution < -0.4 is 5.32 Å². The fourth-order valence-electron chi connectivity index (χ4n) is 2.34. The summed E-state index contributed by atoms with van der Waals surface area (Å²) in [6.45, 7) is 3.58. The van der Waals surface area contributed by atoms with E-state index in [4.69, 9.17) is 16.3 Å². The molecule has 1 amide bonds. The van der Waals surface area contributed by atoms with E-state index in [1.807, 2.05) is 24.3 Å². The van der Waals surface area contributed by atoms with E-state index in [0.29, 0.717) is 10.8 Å². The molecule has 1 atom stereocenters. The molecule has 1 N–H and O–H groups in total. The Bertz CT molecular complexity index is 971. The predicted molar refractivity (Wildman–Crippen MR) is 110 cm³/mol. The third kappa shape index (κ3) is 4.94. The molecule has 144 valence electrons. The minimum absolute atomic E-state index is 0.170. The van der Waals surface area contributed by atoms with Gasteiger partial charge in [-0.3, -0.25) is 4.79 Å². The minimum Gasteiger partial charge on any atom is -0.448 e. The van der Waals surface area contributed by atoms with Crippen LogP contribution in [0.1, 0.15) is 29.9 Å². The molecule has 3 aromatic rings. The Morgan fingerprint density at radius 2 is 1.96 bits per heavy atom. The molecule has 0 saturated carbocycles. The first-order chi connectivity index (χ1) is 13.5. The van der Waals surface area contributed by atoms with Gasteiger partial charge in [-0.1, -0.05) is 42.8 Å². The van der Waals surface area contributed by atoms with E-state index in [9.17, 15) is 9.59 Å². The summed E-state index contributed by atoms with van der Waals surface area (Å²) in [5, 5.41) is 5.36. The number of aryl methyl sites for hydroxylation is 1. The third-order valence-corrected chi connectivity index (χ3v) is 5.07. The van der Waals surface area contributed by atoms with Crippen LogP contribution in [0.25, 0.3) is 10.6 Å². The Labute approximate surface area is 171 Å². The lowest BCUT2D eigenvalue weighted by Crippen LogP contribution is -2.30. The van der Waals surface area contributed by atoms with Gasteiger partial charge in [-0.25, -0.2) is 14.8 Å². The number of hydrogen-bond donors (Lipinski definition) is 1. The number of carbonyl (C=O) groups excluding carboxylic acids is 2. The second-order valence-electron chi connectivity index (χ2n) is 5.99. The van der Waals surface area contributed by atoms with Crippen LogP contribution >= 0.6 is 22.9 Å². The van der Waals surface area contributed by atoms with Crippen molar-refractivity contribution in [1.29, 1.82) is 0 Å². The molecular weight excluding hydrogens is 398 g/mol. The summed E-state index contributed by atoms with van der Waals surface area (Å²) in [7, 11) is 0. The van der Waals surface area contributed by atoms with Crippen molar-refractivity contribution in [3.8, 4) is 10.6 Å². The average Bonchev–Trinajstić information content (AvgIpc) is 3.20. The molecule has 28 heavy (non-hydrogen) atoms. The summed E-state index contributed by atoms with van der Waals surface area (Å²) in [5.41, 5.74) is 2.33. The molecule has 8 heteroatoms. The lowest BCUT2D eigenvalue weighted by Gasteiger charge is -2.12. The Kier molecular flexibility index (Phi) is 6.38. The highest BCUT2D eigenvalue weighted by atomic mass is 35.5. The van der Waals surface area contributed by atoms with Crippen LogP contribution in [0.15, 0.2) is 48.0 Å². The van der Waals surface area contributed by atoms with Gasteiger partial charge in [0.25, 0.3) is 5.91 Å². The SMILES string of the molecule is CCc1ccc(-c2nc(C(=O)O[C@@H](C)C(=O)Nc3ccc(Cl)cn3)cs2)cc1. The summed E-state index contributed by atoms with van der Waals surface area (Å²) >= 11 is 7.11. The van der Waals surface area contributed by atoms with E-state index < -0.39 is 18.0 Å². The molecule has 0 aliphatic carbocycles. The molecule has 2 heterocycles. The molecule has 0 radical (unpaired) electrons. The lowest BCUT2D eigenvalue weighted by molar-refractivity contribution is -0.123. The lowest BCUT2D eigenvalue weighted by atomic mass is 10.1. The van der Waals surface area contributed by atoms with Crippen molar-refractivity contribution in [2.24, 2.45) is 0 Å². The first kappa shape index (κ1) is 20.0. The van der Waals surface area contributed by atoms with Gasteiger partial charge in [0.2, 0.25) is 0 Å². The number of halogens is 1. The number of aromatic nitrogens is 2. The smallest absolute Gasteiger partial charge is 0.358 e. The molecule has 0 bridgehead atoms. The normalized spacial score (nSPS) is 11.7. The van der Waals surface area contributed by atoms with Gasteiger partial charge in [-0.2, -0.15) is 0 Å². The van der Waals surface area contributed by atoms with Crippen molar-refractivity contribution in [3.05, 3.63) is 64.3 Å². The number of ether oxygens (including phenoxy) is 1. The van der Waals surface area contributed by atoms with Gasteiger partial charge >= 0.3 is 5.97 Å².